The molecule has 1 aromatic heterocycles. The van der Waals surface area contributed by atoms with E-state index in [0.29, 0.717) is 11.1 Å². The van der Waals surface area contributed by atoms with E-state index in [1.54, 1.807) is 6.92 Å². The molecule has 1 atom stereocenters. The number of carbonyl (C=O) groups excluding carboxylic acids is 1. The number of nitrogens with two attached hydrogens (primary N) is 1. The highest BCUT2D eigenvalue weighted by molar-refractivity contribution is 8.00. The predicted molar refractivity (Wildman–Crippen MR) is 73.7 cm³/mol. The monoisotopic (exact) mass is 277 g/mol. The molecule has 0 aliphatic carbocycles. The maximum atomic E-state index is 11.0. The van der Waals surface area contributed by atoms with E-state index in [4.69, 9.17) is 10.2 Å². The number of aromatic nitrogens is 2. The number of hydrogen-bond acceptors (Lipinski definition) is 5. The molecule has 5 nitrogen and oxygen atoms in total. The van der Waals surface area contributed by atoms with Crippen molar-refractivity contribution < 1.29 is 9.21 Å². The molecular weight excluding hydrogens is 262 g/mol. The topological polar surface area (TPSA) is 82.0 Å². The summed E-state index contributed by atoms with van der Waals surface area (Å²) in [6, 6.07) is 5.93. The second-order valence-corrected chi connectivity index (χ2v) is 5.63. The lowest BCUT2D eigenvalue weighted by Crippen LogP contribution is -2.22. The zero-order valence-electron chi connectivity index (χ0n) is 11.0. The Balaban J connectivity index is 2.20. The van der Waals surface area contributed by atoms with Gasteiger partial charge in [-0.25, -0.2) is 0 Å². The second-order valence-electron chi connectivity index (χ2n) is 4.33. The Labute approximate surface area is 115 Å². The van der Waals surface area contributed by atoms with Crippen LogP contribution in [-0.2, 0) is 4.79 Å². The standard InChI is InChI=1S/C13H15N3O2S/c1-7-4-5-10(6-8(7)2)12-15-16-13(18-12)19-9(3)11(14)17/h4-6,9H,1-3H3,(H2,14,17)/t9-/m0/s1. The molecule has 0 aliphatic heterocycles. The van der Waals surface area contributed by atoms with Crippen molar-refractivity contribution in [2.45, 2.75) is 31.2 Å². The highest BCUT2D eigenvalue weighted by Gasteiger charge is 2.16. The lowest BCUT2D eigenvalue weighted by molar-refractivity contribution is -0.117. The number of primary amides is 1. The Morgan fingerprint density at radius 3 is 2.68 bits per heavy atom. The van der Waals surface area contributed by atoms with Crippen molar-refractivity contribution in [1.82, 2.24) is 10.2 Å². The van der Waals surface area contributed by atoms with Gasteiger partial charge in [0.05, 0.1) is 5.25 Å². The molecule has 0 saturated carbocycles. The molecule has 0 aliphatic rings. The molecule has 2 rings (SSSR count). The van der Waals surface area contributed by atoms with E-state index in [1.807, 2.05) is 32.0 Å². The van der Waals surface area contributed by atoms with Gasteiger partial charge in [0.1, 0.15) is 0 Å². The van der Waals surface area contributed by atoms with Crippen LogP contribution >= 0.6 is 11.8 Å². The van der Waals surface area contributed by atoms with E-state index in [2.05, 4.69) is 10.2 Å². The van der Waals surface area contributed by atoms with Crippen molar-refractivity contribution in [3.05, 3.63) is 29.3 Å². The summed E-state index contributed by atoms with van der Waals surface area (Å²) in [7, 11) is 0. The summed E-state index contributed by atoms with van der Waals surface area (Å²) in [6.07, 6.45) is 0. The highest BCUT2D eigenvalue weighted by atomic mass is 32.2. The fourth-order valence-electron chi connectivity index (χ4n) is 1.46. The Morgan fingerprint density at radius 2 is 2.05 bits per heavy atom. The van der Waals surface area contributed by atoms with E-state index in [1.165, 1.54) is 5.56 Å². The molecule has 1 aromatic carbocycles. The number of benzene rings is 1. The highest BCUT2D eigenvalue weighted by Crippen LogP contribution is 2.26. The first-order valence-corrected chi connectivity index (χ1v) is 6.72. The van der Waals surface area contributed by atoms with Gasteiger partial charge in [-0.15, -0.1) is 10.2 Å². The van der Waals surface area contributed by atoms with E-state index >= 15 is 0 Å². The van der Waals surface area contributed by atoms with Gasteiger partial charge in [-0.05, 0) is 44.0 Å². The third-order valence-corrected chi connectivity index (χ3v) is 3.79. The summed E-state index contributed by atoms with van der Waals surface area (Å²) < 4.78 is 5.52. The molecule has 19 heavy (non-hydrogen) atoms. The molecular formula is C13H15N3O2S. The Hall–Kier alpha value is -1.82. The van der Waals surface area contributed by atoms with Crippen molar-refractivity contribution >= 4 is 17.7 Å². The Bertz CT molecular complexity index is 610. The van der Waals surface area contributed by atoms with Gasteiger partial charge in [-0.3, -0.25) is 4.79 Å². The van der Waals surface area contributed by atoms with Gasteiger partial charge in [0, 0.05) is 5.56 Å². The largest absolute Gasteiger partial charge is 0.411 e. The third kappa shape index (κ3) is 3.14. The summed E-state index contributed by atoms with van der Waals surface area (Å²) in [5, 5.41) is 7.84. The molecule has 0 unspecified atom stereocenters. The zero-order chi connectivity index (χ0) is 14.0. The Morgan fingerprint density at radius 1 is 1.32 bits per heavy atom. The van der Waals surface area contributed by atoms with Gasteiger partial charge in [-0.2, -0.15) is 0 Å². The van der Waals surface area contributed by atoms with Gasteiger partial charge in [0.2, 0.25) is 11.8 Å². The average molecular weight is 277 g/mol. The fraction of sp³-hybridized carbons (Fsp3) is 0.308. The fourth-order valence-corrected chi connectivity index (χ4v) is 2.09. The number of rotatable bonds is 4. The Kier molecular flexibility index (Phi) is 3.90. The second kappa shape index (κ2) is 5.44. The number of nitrogens with zero attached hydrogens (tertiary/aromatic N) is 2. The number of thioether (sulfide) groups is 1. The molecule has 2 N–H and O–H groups in total. The van der Waals surface area contributed by atoms with Crippen molar-refractivity contribution in [2.24, 2.45) is 5.73 Å². The molecule has 1 heterocycles. The van der Waals surface area contributed by atoms with Crippen LogP contribution in [0.3, 0.4) is 0 Å². The van der Waals surface area contributed by atoms with Crippen LogP contribution in [0.15, 0.2) is 27.8 Å². The van der Waals surface area contributed by atoms with E-state index in [-0.39, 0.29) is 0 Å². The average Bonchev–Trinajstić information content (AvgIpc) is 2.81. The minimum Gasteiger partial charge on any atom is -0.411 e. The van der Waals surface area contributed by atoms with Crippen LogP contribution in [0.4, 0.5) is 0 Å². The molecule has 0 radical (unpaired) electrons. The first-order valence-electron chi connectivity index (χ1n) is 5.84. The molecule has 100 valence electrons. The van der Waals surface area contributed by atoms with Gasteiger partial charge in [0.25, 0.3) is 5.22 Å². The zero-order valence-corrected chi connectivity index (χ0v) is 11.8. The SMILES string of the molecule is Cc1ccc(-c2nnc(S[C@@H](C)C(N)=O)o2)cc1C. The normalized spacial score (nSPS) is 12.4. The first-order chi connectivity index (χ1) is 8.97. The van der Waals surface area contributed by atoms with Gasteiger partial charge in [0.15, 0.2) is 0 Å². The van der Waals surface area contributed by atoms with Gasteiger partial charge >= 0.3 is 0 Å². The van der Waals surface area contributed by atoms with Crippen LogP contribution < -0.4 is 5.73 Å². The lowest BCUT2D eigenvalue weighted by atomic mass is 10.1. The maximum Gasteiger partial charge on any atom is 0.277 e. The van der Waals surface area contributed by atoms with Crippen LogP contribution in [0.5, 0.6) is 0 Å². The summed E-state index contributed by atoms with van der Waals surface area (Å²) in [5.41, 5.74) is 8.43. The van der Waals surface area contributed by atoms with Crippen LogP contribution in [0.1, 0.15) is 18.1 Å². The van der Waals surface area contributed by atoms with E-state index < -0.39 is 11.2 Å². The van der Waals surface area contributed by atoms with Gasteiger partial charge < -0.3 is 10.2 Å². The minimum absolute atomic E-state index is 0.347. The molecule has 0 bridgehead atoms. The lowest BCUT2D eigenvalue weighted by Gasteiger charge is -2.02. The number of carbonyl (C=O) groups is 1. The smallest absolute Gasteiger partial charge is 0.277 e. The van der Waals surface area contributed by atoms with Crippen LogP contribution in [0.2, 0.25) is 0 Å². The molecule has 0 saturated heterocycles. The first kappa shape index (κ1) is 13.6. The van der Waals surface area contributed by atoms with E-state index in [9.17, 15) is 4.79 Å². The van der Waals surface area contributed by atoms with E-state index in [0.717, 1.165) is 22.9 Å². The van der Waals surface area contributed by atoms with Crippen LogP contribution in [-0.4, -0.2) is 21.4 Å². The molecule has 1 amide bonds. The molecule has 0 fully saturated rings. The van der Waals surface area contributed by atoms with Crippen LogP contribution in [0.25, 0.3) is 11.5 Å². The number of hydrogen-bond donors (Lipinski definition) is 1. The number of aryl methyl sites for hydroxylation is 2. The molecule has 6 heteroatoms. The molecule has 2 aromatic rings. The summed E-state index contributed by atoms with van der Waals surface area (Å²) >= 11 is 1.16. The van der Waals surface area contributed by atoms with Crippen molar-refractivity contribution in [3.8, 4) is 11.5 Å². The maximum absolute atomic E-state index is 11.0. The minimum atomic E-state index is -0.407. The summed E-state index contributed by atoms with van der Waals surface area (Å²) in [4.78, 5) is 11.0. The quantitative estimate of drug-likeness (QED) is 0.867. The van der Waals surface area contributed by atoms with Crippen LogP contribution in [0, 0.1) is 13.8 Å². The van der Waals surface area contributed by atoms with Gasteiger partial charge in [-0.1, -0.05) is 17.8 Å². The van der Waals surface area contributed by atoms with Crippen molar-refractivity contribution in [3.63, 3.8) is 0 Å². The predicted octanol–water partition coefficient (Wildman–Crippen LogP) is 2.32. The number of amides is 1. The summed E-state index contributed by atoms with van der Waals surface area (Å²) in [6.45, 7) is 5.77. The third-order valence-electron chi connectivity index (χ3n) is 2.84. The van der Waals surface area contributed by atoms with Crippen molar-refractivity contribution in [1.29, 1.82) is 0 Å². The summed E-state index contributed by atoms with van der Waals surface area (Å²) in [5.74, 6) is 0.0400. The van der Waals surface area contributed by atoms with Crippen molar-refractivity contribution in [2.75, 3.05) is 0 Å². The molecule has 0 spiro atoms.